The van der Waals surface area contributed by atoms with Crippen molar-refractivity contribution in [2.75, 3.05) is 6.54 Å². The predicted octanol–water partition coefficient (Wildman–Crippen LogP) is 7.98. The van der Waals surface area contributed by atoms with E-state index < -0.39 is 0 Å². The zero-order valence-electron chi connectivity index (χ0n) is 25.2. The Morgan fingerprint density at radius 2 is 1.28 bits per heavy atom. The van der Waals surface area contributed by atoms with Crippen LogP contribution in [0.15, 0.2) is 121 Å². The summed E-state index contributed by atoms with van der Waals surface area (Å²) in [5.41, 5.74) is 7.88. The van der Waals surface area contributed by atoms with Gasteiger partial charge in [0.2, 0.25) is 0 Å². The molecule has 7 aromatic rings. The van der Waals surface area contributed by atoms with Crippen LogP contribution in [0.5, 0.6) is 0 Å². The Morgan fingerprint density at radius 3 is 1.98 bits per heavy atom. The van der Waals surface area contributed by atoms with Crippen LogP contribution in [0.3, 0.4) is 0 Å². The quantitative estimate of drug-likeness (QED) is 0.173. The molecule has 0 unspecified atom stereocenters. The largest absolute Gasteiger partial charge is 0.333 e. The summed E-state index contributed by atoms with van der Waals surface area (Å²) in [6, 6.07) is 36.8. The van der Waals surface area contributed by atoms with Gasteiger partial charge in [-0.15, -0.1) is 0 Å². The fourth-order valence-electron chi connectivity index (χ4n) is 6.62. The molecule has 0 N–H and O–H groups in total. The van der Waals surface area contributed by atoms with Crippen LogP contribution in [0.2, 0.25) is 0 Å². The van der Waals surface area contributed by atoms with Gasteiger partial charge < -0.3 is 4.57 Å². The third-order valence-corrected chi connectivity index (χ3v) is 8.99. The van der Waals surface area contributed by atoms with Crippen LogP contribution in [0.25, 0.3) is 38.8 Å². The van der Waals surface area contributed by atoms with Crippen molar-refractivity contribution in [1.29, 1.82) is 0 Å². The van der Waals surface area contributed by atoms with Crippen LogP contribution in [-0.2, 0) is 13.0 Å². The summed E-state index contributed by atoms with van der Waals surface area (Å²) in [4.78, 5) is 26.9. The maximum Gasteiger partial charge on any atom is 0.261 e. The minimum Gasteiger partial charge on any atom is -0.333 e. The third kappa shape index (κ3) is 4.43. The van der Waals surface area contributed by atoms with Gasteiger partial charge in [0.1, 0.15) is 0 Å². The fourth-order valence-corrected chi connectivity index (χ4v) is 6.62. The maximum absolute atomic E-state index is 16.8. The Labute approximate surface area is 264 Å². The number of aromatic nitrogens is 3. The van der Waals surface area contributed by atoms with E-state index in [0.29, 0.717) is 41.7 Å². The molecule has 1 aliphatic heterocycles. The molecule has 0 atom stereocenters. The van der Waals surface area contributed by atoms with Crippen LogP contribution >= 0.6 is 0 Å². The van der Waals surface area contributed by atoms with E-state index in [4.69, 9.17) is 0 Å². The number of nitrogens with zero attached hydrogens (tertiary/aromatic N) is 4. The van der Waals surface area contributed by atoms with E-state index in [2.05, 4.69) is 9.67 Å². The number of amides is 2. The highest BCUT2D eigenvalue weighted by atomic mass is 19.1. The van der Waals surface area contributed by atoms with Crippen molar-refractivity contribution in [3.63, 3.8) is 0 Å². The molecule has 0 bridgehead atoms. The molecule has 0 saturated carbocycles. The van der Waals surface area contributed by atoms with Gasteiger partial charge in [0.15, 0.2) is 5.82 Å². The average molecular weight is 605 g/mol. The number of carbonyl (C=O) groups excluding carboxylic acids is 2. The molecular weight excluding hydrogens is 575 g/mol. The average Bonchev–Trinajstić information content (AvgIpc) is 3.72. The summed E-state index contributed by atoms with van der Waals surface area (Å²) in [6.07, 6.45) is 2.30. The molecule has 6 nitrogen and oxygen atoms in total. The number of hydrogen-bond donors (Lipinski definition) is 0. The van der Waals surface area contributed by atoms with Gasteiger partial charge in [-0.25, -0.2) is 9.07 Å². The Kier molecular flexibility index (Phi) is 6.60. The zero-order valence-corrected chi connectivity index (χ0v) is 25.2. The number of benzene rings is 5. The number of imide groups is 1. The number of halogens is 1. The van der Waals surface area contributed by atoms with E-state index in [9.17, 15) is 9.59 Å². The first kappa shape index (κ1) is 27.7. The molecule has 1 aliphatic rings. The lowest BCUT2D eigenvalue weighted by Gasteiger charge is -2.15. The lowest BCUT2D eigenvalue weighted by Crippen LogP contribution is -2.31. The summed E-state index contributed by atoms with van der Waals surface area (Å²) in [7, 11) is 0. The molecule has 0 radical (unpaired) electrons. The number of aryl methyl sites for hydroxylation is 1. The van der Waals surface area contributed by atoms with Gasteiger partial charge in [0.25, 0.3) is 11.8 Å². The highest BCUT2D eigenvalue weighted by molar-refractivity contribution is 6.21. The van der Waals surface area contributed by atoms with Gasteiger partial charge in [0, 0.05) is 29.4 Å². The Hall–Kier alpha value is -5.82. The van der Waals surface area contributed by atoms with Gasteiger partial charge in [-0.1, -0.05) is 78.9 Å². The second-order valence-corrected chi connectivity index (χ2v) is 11.7. The lowest BCUT2D eigenvalue weighted by molar-refractivity contribution is 0.0656. The van der Waals surface area contributed by atoms with E-state index in [1.807, 2.05) is 103 Å². The number of hydrogen-bond acceptors (Lipinski definition) is 3. The first-order valence-corrected chi connectivity index (χ1v) is 15.3. The van der Waals surface area contributed by atoms with Crippen molar-refractivity contribution in [2.45, 2.75) is 19.9 Å². The van der Waals surface area contributed by atoms with Crippen molar-refractivity contribution >= 4 is 33.6 Å². The molecule has 3 heterocycles. The van der Waals surface area contributed by atoms with Crippen molar-refractivity contribution in [3.05, 3.63) is 155 Å². The molecule has 5 aromatic carbocycles. The molecule has 0 aliphatic carbocycles. The number of fused-ring (bicyclic) bond motifs is 4. The molecular formula is C39H29FN4O2. The molecule has 2 amide bonds. The Bertz CT molecular complexity index is 2270. The predicted molar refractivity (Wildman–Crippen MR) is 178 cm³/mol. The molecule has 8 rings (SSSR count). The minimum atomic E-state index is -0.264. The van der Waals surface area contributed by atoms with Crippen molar-refractivity contribution in [3.8, 4) is 16.9 Å². The second kappa shape index (κ2) is 11.0. The normalized spacial score (nSPS) is 12.9. The first-order chi connectivity index (χ1) is 22.5. The molecule has 7 heteroatoms. The lowest BCUT2D eigenvalue weighted by atomic mass is 10.0. The second-order valence-electron chi connectivity index (χ2n) is 11.7. The van der Waals surface area contributed by atoms with Gasteiger partial charge >= 0.3 is 0 Å². The highest BCUT2D eigenvalue weighted by Crippen LogP contribution is 2.39. The molecule has 0 spiro atoms. The van der Waals surface area contributed by atoms with Crippen LogP contribution in [-0.4, -0.2) is 37.6 Å². The molecule has 2 aromatic heterocycles. The minimum absolute atomic E-state index is 0.245. The van der Waals surface area contributed by atoms with Gasteiger partial charge in [0.05, 0.1) is 39.7 Å². The zero-order chi connectivity index (χ0) is 31.4. The van der Waals surface area contributed by atoms with Gasteiger partial charge in [-0.05, 0) is 66.4 Å². The smallest absolute Gasteiger partial charge is 0.261 e. The Morgan fingerprint density at radius 1 is 0.674 bits per heavy atom. The van der Waals surface area contributed by atoms with Gasteiger partial charge in [-0.3, -0.25) is 14.5 Å². The summed E-state index contributed by atoms with van der Waals surface area (Å²) in [6.45, 7) is 2.77. The molecule has 0 fully saturated rings. The number of para-hydroxylation sites is 1. The molecule has 46 heavy (non-hydrogen) atoms. The maximum atomic E-state index is 16.8. The monoisotopic (exact) mass is 604 g/mol. The van der Waals surface area contributed by atoms with E-state index in [-0.39, 0.29) is 17.6 Å². The van der Waals surface area contributed by atoms with E-state index >= 15 is 4.39 Å². The first-order valence-electron chi connectivity index (χ1n) is 15.3. The van der Waals surface area contributed by atoms with Crippen molar-refractivity contribution in [1.82, 2.24) is 19.2 Å². The van der Waals surface area contributed by atoms with E-state index in [1.54, 1.807) is 30.5 Å². The topological polar surface area (TPSA) is 60.1 Å². The fraction of sp³-hybridized carbons (Fsp3) is 0.103. The van der Waals surface area contributed by atoms with E-state index in [0.717, 1.165) is 44.4 Å². The van der Waals surface area contributed by atoms with Crippen molar-refractivity contribution < 1.29 is 14.0 Å². The van der Waals surface area contributed by atoms with Crippen LogP contribution < -0.4 is 0 Å². The van der Waals surface area contributed by atoms with Gasteiger partial charge in [-0.2, -0.15) is 5.10 Å². The van der Waals surface area contributed by atoms with Crippen LogP contribution in [0.4, 0.5) is 4.39 Å². The van der Waals surface area contributed by atoms with Crippen LogP contribution in [0.1, 0.15) is 37.4 Å². The SMILES string of the molecule is Cc1ccccc1-c1c(F)c2c3cnn(-c4ccccc4)c3ccc2n1Cc1ccc(CCN2C(=O)c3ccccc3C2=O)cc1. The summed E-state index contributed by atoms with van der Waals surface area (Å²) in [5, 5.41) is 5.95. The highest BCUT2D eigenvalue weighted by Gasteiger charge is 2.34. The number of rotatable bonds is 7. The van der Waals surface area contributed by atoms with E-state index in [1.165, 1.54) is 4.90 Å². The molecule has 0 saturated heterocycles. The summed E-state index contributed by atoms with van der Waals surface area (Å²) in [5.74, 6) is -0.753. The third-order valence-electron chi connectivity index (χ3n) is 8.99. The van der Waals surface area contributed by atoms with Crippen molar-refractivity contribution in [2.24, 2.45) is 0 Å². The summed E-state index contributed by atoms with van der Waals surface area (Å²) < 4.78 is 20.7. The standard InChI is InChI=1S/C39H29FN4O2/c1-25-9-5-6-12-29(25)37-36(40)35-32-23-41-44(28-10-3-2-4-11-28)33(32)19-20-34(35)43(37)24-27-17-15-26(16-18-27)21-22-42-38(45)30-13-7-8-14-31(30)39(42)46/h2-20,23H,21-22,24H2,1H3. The number of carbonyl (C=O) groups is 2. The molecule has 224 valence electrons. The van der Waals surface area contributed by atoms with Crippen LogP contribution in [0, 0.1) is 12.7 Å². The Balaban J connectivity index is 1.14. The summed E-state index contributed by atoms with van der Waals surface area (Å²) >= 11 is 0.